The van der Waals surface area contributed by atoms with Gasteiger partial charge in [0.1, 0.15) is 0 Å². The normalized spacial score (nSPS) is 11.3. The molecule has 0 aliphatic heterocycles. The Labute approximate surface area is 135 Å². The molecule has 2 rings (SSSR count). The van der Waals surface area contributed by atoms with Crippen LogP contribution in [0.1, 0.15) is 47.4 Å². The summed E-state index contributed by atoms with van der Waals surface area (Å²) >= 11 is 0. The fourth-order valence-electron chi connectivity index (χ4n) is 2.30. The molecule has 0 aliphatic carbocycles. The number of hydrogen-bond donors (Lipinski definition) is 1. The number of carbonyl (C=O) groups excluding carboxylic acids is 1. The molecule has 5 nitrogen and oxygen atoms in total. The highest BCUT2D eigenvalue weighted by Gasteiger charge is 2.25. The van der Waals surface area contributed by atoms with Gasteiger partial charge in [-0.05, 0) is 23.1 Å². The molecule has 0 atom stereocenters. The smallest absolute Gasteiger partial charge is 0.371 e. The lowest BCUT2D eigenvalue weighted by atomic mass is 9.95. The van der Waals surface area contributed by atoms with Crippen LogP contribution in [-0.4, -0.2) is 28.4 Å². The second kappa shape index (κ2) is 6.69. The van der Waals surface area contributed by atoms with Crippen LogP contribution in [0.3, 0.4) is 0 Å². The average Bonchev–Trinajstić information content (AvgIpc) is 2.95. The van der Waals surface area contributed by atoms with Gasteiger partial charge in [-0.25, -0.2) is 4.79 Å². The Hall–Kier alpha value is -2.56. The second-order valence-corrected chi connectivity index (χ2v) is 6.68. The van der Waals surface area contributed by atoms with Gasteiger partial charge in [-0.3, -0.25) is 4.79 Å². The van der Waals surface area contributed by atoms with Crippen LogP contribution >= 0.6 is 0 Å². The van der Waals surface area contributed by atoms with Gasteiger partial charge < -0.3 is 14.4 Å². The van der Waals surface area contributed by atoms with Crippen LogP contribution in [0.25, 0.3) is 0 Å². The number of nitrogens with zero attached hydrogens (tertiary/aromatic N) is 1. The van der Waals surface area contributed by atoms with Crippen molar-refractivity contribution >= 4 is 11.9 Å². The summed E-state index contributed by atoms with van der Waals surface area (Å²) in [7, 11) is 0. The maximum absolute atomic E-state index is 12.7. The molecule has 0 radical (unpaired) electrons. The molecule has 1 N–H and O–H groups in total. The van der Waals surface area contributed by atoms with Gasteiger partial charge in [-0.1, -0.05) is 51.1 Å². The summed E-state index contributed by atoms with van der Waals surface area (Å²) < 4.78 is 5.15. The largest absolute Gasteiger partial charge is 0.475 e. The maximum Gasteiger partial charge on any atom is 0.371 e. The van der Waals surface area contributed by atoms with Crippen molar-refractivity contribution in [1.82, 2.24) is 4.90 Å². The fraction of sp³-hybridized carbons (Fsp3) is 0.333. The number of carboxylic acid groups (broad SMARTS) is 1. The molecular formula is C18H21NO4. The van der Waals surface area contributed by atoms with Gasteiger partial charge in [0.15, 0.2) is 5.76 Å². The van der Waals surface area contributed by atoms with E-state index in [9.17, 15) is 9.59 Å². The highest BCUT2D eigenvalue weighted by atomic mass is 16.4. The van der Waals surface area contributed by atoms with Gasteiger partial charge in [-0.15, -0.1) is 0 Å². The summed E-state index contributed by atoms with van der Waals surface area (Å²) in [6.07, 6.45) is 0. The van der Waals surface area contributed by atoms with Crippen molar-refractivity contribution in [2.45, 2.75) is 27.3 Å². The molecule has 122 valence electrons. The topological polar surface area (TPSA) is 70.8 Å². The van der Waals surface area contributed by atoms with Crippen LogP contribution < -0.4 is 0 Å². The Morgan fingerprint density at radius 3 is 2.17 bits per heavy atom. The van der Waals surface area contributed by atoms with Crippen LogP contribution in [0.5, 0.6) is 0 Å². The van der Waals surface area contributed by atoms with Crippen molar-refractivity contribution in [1.29, 1.82) is 0 Å². The van der Waals surface area contributed by atoms with E-state index in [0.717, 1.165) is 5.56 Å². The molecule has 5 heteroatoms. The van der Waals surface area contributed by atoms with E-state index in [-0.39, 0.29) is 22.8 Å². The van der Waals surface area contributed by atoms with Crippen LogP contribution in [0.4, 0.5) is 0 Å². The van der Waals surface area contributed by atoms with Gasteiger partial charge in [-0.2, -0.15) is 0 Å². The third-order valence-electron chi connectivity index (χ3n) is 3.20. The van der Waals surface area contributed by atoms with E-state index < -0.39 is 5.97 Å². The molecule has 1 aromatic carbocycles. The summed E-state index contributed by atoms with van der Waals surface area (Å²) in [6, 6.07) is 12.4. The molecule has 0 saturated heterocycles. The fourth-order valence-corrected chi connectivity index (χ4v) is 2.30. The van der Waals surface area contributed by atoms with Gasteiger partial charge in [0.05, 0.1) is 0 Å². The molecule has 0 spiro atoms. The average molecular weight is 315 g/mol. The number of furan rings is 1. The van der Waals surface area contributed by atoms with Crippen LogP contribution in [0.2, 0.25) is 0 Å². The number of aromatic carboxylic acids is 1. The quantitative estimate of drug-likeness (QED) is 0.914. The van der Waals surface area contributed by atoms with Crippen molar-refractivity contribution in [2.75, 3.05) is 6.54 Å². The Balaban J connectivity index is 2.24. The first-order valence-corrected chi connectivity index (χ1v) is 7.42. The van der Waals surface area contributed by atoms with Crippen LogP contribution in [0, 0.1) is 5.41 Å². The molecule has 0 unspecified atom stereocenters. The summed E-state index contributed by atoms with van der Waals surface area (Å²) in [6.45, 7) is 7.11. The van der Waals surface area contributed by atoms with E-state index in [0.29, 0.717) is 13.1 Å². The summed E-state index contributed by atoms with van der Waals surface area (Å²) in [5, 5.41) is 8.92. The Morgan fingerprint density at radius 2 is 1.65 bits per heavy atom. The van der Waals surface area contributed by atoms with Crippen molar-refractivity contribution < 1.29 is 19.1 Å². The van der Waals surface area contributed by atoms with E-state index >= 15 is 0 Å². The summed E-state index contributed by atoms with van der Waals surface area (Å²) in [4.78, 5) is 25.3. The SMILES string of the molecule is CC(C)(C)CN(Cc1ccccc1)C(=O)c1ccc(C(=O)O)o1. The minimum atomic E-state index is -1.19. The lowest BCUT2D eigenvalue weighted by Crippen LogP contribution is -2.37. The molecule has 1 amide bonds. The summed E-state index contributed by atoms with van der Waals surface area (Å²) in [5.74, 6) is -1.68. The molecule has 0 fully saturated rings. The molecular weight excluding hydrogens is 294 g/mol. The number of carbonyl (C=O) groups is 2. The number of carboxylic acids is 1. The number of rotatable bonds is 5. The molecule has 0 aliphatic rings. The van der Waals surface area contributed by atoms with E-state index in [2.05, 4.69) is 0 Å². The molecule has 2 aromatic rings. The molecule has 23 heavy (non-hydrogen) atoms. The van der Waals surface area contributed by atoms with Crippen molar-refractivity contribution in [3.05, 3.63) is 59.5 Å². The Morgan fingerprint density at radius 1 is 1.04 bits per heavy atom. The van der Waals surface area contributed by atoms with Gasteiger partial charge in [0, 0.05) is 13.1 Å². The number of amides is 1. The number of hydrogen-bond acceptors (Lipinski definition) is 3. The van der Waals surface area contributed by atoms with E-state index in [1.165, 1.54) is 12.1 Å². The maximum atomic E-state index is 12.7. The molecule has 0 saturated carbocycles. The van der Waals surface area contributed by atoms with E-state index in [4.69, 9.17) is 9.52 Å². The standard InChI is InChI=1S/C18H21NO4/c1-18(2,3)12-19(11-13-7-5-4-6-8-13)16(20)14-9-10-15(23-14)17(21)22/h4-10H,11-12H2,1-3H3,(H,21,22). The highest BCUT2D eigenvalue weighted by molar-refractivity contribution is 5.93. The van der Waals surface area contributed by atoms with Gasteiger partial charge in [0.2, 0.25) is 5.76 Å². The minimum absolute atomic E-state index is 0.0441. The predicted molar refractivity (Wildman–Crippen MR) is 86.3 cm³/mol. The first-order valence-electron chi connectivity index (χ1n) is 7.42. The molecule has 1 aromatic heterocycles. The molecule has 1 heterocycles. The zero-order valence-electron chi connectivity index (χ0n) is 13.6. The zero-order valence-corrected chi connectivity index (χ0v) is 13.6. The van der Waals surface area contributed by atoms with Crippen LogP contribution in [0.15, 0.2) is 46.9 Å². The monoisotopic (exact) mass is 315 g/mol. The van der Waals surface area contributed by atoms with Crippen molar-refractivity contribution in [3.63, 3.8) is 0 Å². The van der Waals surface area contributed by atoms with E-state index in [1.807, 2.05) is 51.1 Å². The van der Waals surface area contributed by atoms with E-state index in [1.54, 1.807) is 4.90 Å². The predicted octanol–water partition coefficient (Wildman–Crippen LogP) is 3.67. The lowest BCUT2D eigenvalue weighted by Gasteiger charge is -2.29. The second-order valence-electron chi connectivity index (χ2n) is 6.68. The number of benzene rings is 1. The van der Waals surface area contributed by atoms with Gasteiger partial charge in [0.25, 0.3) is 5.91 Å². The van der Waals surface area contributed by atoms with Crippen molar-refractivity contribution in [3.8, 4) is 0 Å². The molecule has 0 bridgehead atoms. The third-order valence-corrected chi connectivity index (χ3v) is 3.20. The zero-order chi connectivity index (χ0) is 17.0. The minimum Gasteiger partial charge on any atom is -0.475 e. The Bertz CT molecular complexity index is 683. The third kappa shape index (κ3) is 4.71. The lowest BCUT2D eigenvalue weighted by molar-refractivity contribution is 0.0621. The highest BCUT2D eigenvalue weighted by Crippen LogP contribution is 2.20. The Kier molecular flexibility index (Phi) is 4.89. The van der Waals surface area contributed by atoms with Crippen LogP contribution in [-0.2, 0) is 6.54 Å². The first-order chi connectivity index (χ1) is 10.8. The van der Waals surface area contributed by atoms with Crippen molar-refractivity contribution in [2.24, 2.45) is 5.41 Å². The summed E-state index contributed by atoms with van der Waals surface area (Å²) in [5.41, 5.74) is 0.919. The first kappa shape index (κ1) is 16.8. The van der Waals surface area contributed by atoms with Gasteiger partial charge >= 0.3 is 5.97 Å².